The Kier molecular flexibility index (Phi) is 4.29. The lowest BCUT2D eigenvalue weighted by molar-refractivity contribution is -0.00373. The minimum atomic E-state index is -2.74. The molecule has 0 amide bonds. The summed E-state index contributed by atoms with van der Waals surface area (Å²) in [4.78, 5) is 0. The Morgan fingerprint density at radius 1 is 1.43 bits per heavy atom. The minimum Gasteiger partial charge on any atom is -0.387 e. The molecule has 78 valence electrons. The normalized spacial score (nSPS) is 13.3. The quantitative estimate of drug-likeness (QED) is 0.904. The van der Waals surface area contributed by atoms with Crippen LogP contribution in [0.15, 0.2) is 22.7 Å². The predicted octanol–water partition coefficient (Wildman–Crippen LogP) is 3.27. The Balaban J connectivity index is 2.80. The molecule has 0 aliphatic carbocycles. The summed E-state index contributed by atoms with van der Waals surface area (Å²) in [5, 5.41) is 9.44. The van der Waals surface area contributed by atoms with Crippen molar-refractivity contribution in [2.45, 2.75) is 19.0 Å². The Morgan fingerprint density at radius 3 is 2.64 bits per heavy atom. The summed E-state index contributed by atoms with van der Waals surface area (Å²) >= 11 is 8.88. The Morgan fingerprint density at radius 2 is 2.07 bits per heavy atom. The summed E-state index contributed by atoms with van der Waals surface area (Å²) in [5.41, 5.74) is 0.574. The average molecular weight is 286 g/mol. The molecule has 0 heterocycles. The summed E-state index contributed by atoms with van der Waals surface area (Å²) in [7, 11) is 0. The van der Waals surface area contributed by atoms with E-state index in [2.05, 4.69) is 15.9 Å². The molecule has 0 aromatic heterocycles. The smallest absolute Gasteiger partial charge is 0.264 e. The lowest BCUT2D eigenvalue weighted by atomic mass is 10.1. The van der Waals surface area contributed by atoms with Crippen LogP contribution in [0.4, 0.5) is 8.78 Å². The molecule has 1 aromatic carbocycles. The summed E-state index contributed by atoms with van der Waals surface area (Å²) in [5.74, 6) is 0. The van der Waals surface area contributed by atoms with Crippen molar-refractivity contribution in [3.63, 3.8) is 0 Å². The van der Waals surface area contributed by atoms with Gasteiger partial charge in [-0.25, -0.2) is 8.78 Å². The number of alkyl halides is 2. The number of aliphatic hydroxyl groups excluding tert-OH is 1. The zero-order valence-electron chi connectivity index (χ0n) is 7.05. The molecule has 1 atom stereocenters. The summed E-state index contributed by atoms with van der Waals surface area (Å²) in [6.45, 7) is 0. The fourth-order valence-corrected chi connectivity index (χ4v) is 1.62. The third-order valence-electron chi connectivity index (χ3n) is 1.73. The van der Waals surface area contributed by atoms with Crippen molar-refractivity contribution in [2.24, 2.45) is 0 Å². The maximum absolute atomic E-state index is 12.0. The van der Waals surface area contributed by atoms with Crippen molar-refractivity contribution in [1.82, 2.24) is 0 Å². The van der Waals surface area contributed by atoms with Crippen molar-refractivity contribution >= 4 is 27.5 Å². The third kappa shape index (κ3) is 3.19. The number of rotatable bonds is 3. The second kappa shape index (κ2) is 5.05. The van der Waals surface area contributed by atoms with E-state index < -0.39 is 12.5 Å². The Bertz CT molecular complexity index is 320. The zero-order valence-corrected chi connectivity index (χ0v) is 9.39. The van der Waals surface area contributed by atoms with E-state index in [1.165, 1.54) is 0 Å². The van der Waals surface area contributed by atoms with Crippen LogP contribution in [0.1, 0.15) is 5.56 Å². The molecule has 0 saturated heterocycles. The van der Waals surface area contributed by atoms with Gasteiger partial charge in [0, 0.05) is 15.9 Å². The van der Waals surface area contributed by atoms with Gasteiger partial charge in [-0.3, -0.25) is 0 Å². The van der Waals surface area contributed by atoms with E-state index >= 15 is 0 Å². The first-order chi connectivity index (χ1) is 6.50. The first-order valence-electron chi connectivity index (χ1n) is 3.91. The molecule has 0 fully saturated rings. The lowest BCUT2D eigenvalue weighted by Crippen LogP contribution is -2.20. The van der Waals surface area contributed by atoms with Crippen LogP contribution in [-0.2, 0) is 6.42 Å². The number of hydrogen-bond acceptors (Lipinski definition) is 1. The second-order valence-electron chi connectivity index (χ2n) is 2.84. The maximum Gasteiger partial charge on any atom is 0.264 e. The molecule has 0 spiro atoms. The van der Waals surface area contributed by atoms with Gasteiger partial charge in [-0.15, -0.1) is 0 Å². The molecule has 1 aromatic rings. The van der Waals surface area contributed by atoms with Gasteiger partial charge >= 0.3 is 0 Å². The molecule has 0 radical (unpaired) electrons. The minimum absolute atomic E-state index is 0.112. The fraction of sp³-hybridized carbons (Fsp3) is 0.333. The molecule has 1 nitrogen and oxygen atoms in total. The number of aliphatic hydroxyl groups is 1. The zero-order chi connectivity index (χ0) is 10.7. The van der Waals surface area contributed by atoms with E-state index in [1.807, 2.05) is 0 Å². The van der Waals surface area contributed by atoms with Crippen LogP contribution in [0.5, 0.6) is 0 Å². The average Bonchev–Trinajstić information content (AvgIpc) is 2.11. The van der Waals surface area contributed by atoms with Gasteiger partial charge in [0.15, 0.2) is 0 Å². The Labute approximate surface area is 93.8 Å². The van der Waals surface area contributed by atoms with Crippen molar-refractivity contribution < 1.29 is 13.9 Å². The molecule has 14 heavy (non-hydrogen) atoms. The van der Waals surface area contributed by atoms with Gasteiger partial charge in [0.25, 0.3) is 6.43 Å². The molecule has 1 rings (SSSR count). The van der Waals surface area contributed by atoms with Gasteiger partial charge in [0.2, 0.25) is 0 Å². The van der Waals surface area contributed by atoms with Crippen LogP contribution in [0.2, 0.25) is 5.02 Å². The van der Waals surface area contributed by atoms with E-state index in [4.69, 9.17) is 16.7 Å². The van der Waals surface area contributed by atoms with Crippen molar-refractivity contribution in [3.8, 4) is 0 Å². The van der Waals surface area contributed by atoms with E-state index in [1.54, 1.807) is 18.2 Å². The largest absolute Gasteiger partial charge is 0.387 e. The molecular weight excluding hydrogens is 277 g/mol. The lowest BCUT2D eigenvalue weighted by Gasteiger charge is -2.10. The summed E-state index contributed by atoms with van der Waals surface area (Å²) in [6, 6.07) is 4.86. The predicted molar refractivity (Wildman–Crippen MR) is 54.9 cm³/mol. The van der Waals surface area contributed by atoms with E-state index in [0.29, 0.717) is 15.1 Å². The van der Waals surface area contributed by atoms with Gasteiger partial charge in [-0.1, -0.05) is 27.5 Å². The molecular formula is C9H8BrClF2O. The first-order valence-corrected chi connectivity index (χ1v) is 5.08. The van der Waals surface area contributed by atoms with Gasteiger partial charge in [-0.05, 0) is 23.8 Å². The van der Waals surface area contributed by atoms with Gasteiger partial charge in [0.1, 0.15) is 6.10 Å². The van der Waals surface area contributed by atoms with Gasteiger partial charge in [-0.2, -0.15) is 0 Å². The summed E-state index contributed by atoms with van der Waals surface area (Å²) < 4.78 is 24.8. The maximum atomic E-state index is 12.0. The van der Waals surface area contributed by atoms with Crippen molar-refractivity contribution in [1.29, 1.82) is 0 Å². The van der Waals surface area contributed by atoms with Crippen LogP contribution in [0.25, 0.3) is 0 Å². The first kappa shape index (κ1) is 11.9. The van der Waals surface area contributed by atoms with Crippen molar-refractivity contribution in [3.05, 3.63) is 33.3 Å². The number of benzene rings is 1. The molecule has 0 aliphatic heterocycles. The fourth-order valence-electron chi connectivity index (χ4n) is 1.01. The van der Waals surface area contributed by atoms with Crippen molar-refractivity contribution in [2.75, 3.05) is 0 Å². The molecule has 0 bridgehead atoms. The Hall–Kier alpha value is -0.190. The molecule has 1 N–H and O–H groups in total. The summed E-state index contributed by atoms with van der Waals surface area (Å²) in [6.07, 6.45) is -4.50. The second-order valence-corrected chi connectivity index (χ2v) is 4.13. The van der Waals surface area contributed by atoms with E-state index in [-0.39, 0.29) is 6.42 Å². The monoisotopic (exact) mass is 284 g/mol. The highest BCUT2D eigenvalue weighted by Crippen LogP contribution is 2.23. The van der Waals surface area contributed by atoms with E-state index in [9.17, 15) is 8.78 Å². The van der Waals surface area contributed by atoms with Crippen LogP contribution >= 0.6 is 27.5 Å². The number of halogens is 4. The molecule has 0 aliphatic rings. The highest BCUT2D eigenvalue weighted by molar-refractivity contribution is 9.10. The van der Waals surface area contributed by atoms with E-state index in [0.717, 1.165) is 0 Å². The molecule has 0 saturated carbocycles. The van der Waals surface area contributed by atoms with Gasteiger partial charge < -0.3 is 5.11 Å². The SMILES string of the molecule is OC(Cc1cc(Cl)ccc1Br)C(F)F. The van der Waals surface area contributed by atoms with Crippen LogP contribution < -0.4 is 0 Å². The standard InChI is InChI=1S/C9H8BrClF2O/c10-7-2-1-6(11)3-5(7)4-8(14)9(12)13/h1-3,8-9,14H,4H2. The van der Waals surface area contributed by atoms with Crippen LogP contribution in [0.3, 0.4) is 0 Å². The molecule has 1 unspecified atom stereocenters. The highest BCUT2D eigenvalue weighted by atomic mass is 79.9. The van der Waals surface area contributed by atoms with Gasteiger partial charge in [0.05, 0.1) is 0 Å². The topological polar surface area (TPSA) is 20.2 Å². The highest BCUT2D eigenvalue weighted by Gasteiger charge is 2.18. The molecule has 5 heteroatoms. The van der Waals surface area contributed by atoms with Crippen LogP contribution in [0, 0.1) is 0 Å². The third-order valence-corrected chi connectivity index (χ3v) is 2.74. The van der Waals surface area contributed by atoms with Crippen LogP contribution in [-0.4, -0.2) is 17.6 Å². The number of hydrogen-bond donors (Lipinski definition) is 1.